The van der Waals surface area contributed by atoms with Crippen molar-refractivity contribution in [3.05, 3.63) is 28.2 Å². The summed E-state index contributed by atoms with van der Waals surface area (Å²) in [4.78, 5) is 14.5. The van der Waals surface area contributed by atoms with Crippen LogP contribution in [0.1, 0.15) is 30.1 Å². The molecule has 1 aliphatic heterocycles. The number of nitrogens with one attached hydrogen (secondary N) is 1. The molecule has 0 aliphatic carbocycles. The SMILES string of the molecule is CCN1CCCC1CNC(=O)c1cc(N)cc(Br)c1. The van der Waals surface area contributed by atoms with E-state index in [0.29, 0.717) is 23.8 Å². The van der Waals surface area contributed by atoms with Gasteiger partial charge in [-0.05, 0) is 44.1 Å². The Kier molecular flexibility index (Phi) is 4.82. The third-order valence-electron chi connectivity index (χ3n) is 3.59. The number of benzene rings is 1. The van der Waals surface area contributed by atoms with E-state index >= 15 is 0 Å². The molecule has 1 amide bonds. The Bertz CT molecular complexity index is 444. The molecule has 4 nitrogen and oxygen atoms in total. The maximum absolute atomic E-state index is 12.1. The van der Waals surface area contributed by atoms with Gasteiger partial charge in [0, 0.05) is 28.3 Å². The Morgan fingerprint density at radius 2 is 2.32 bits per heavy atom. The summed E-state index contributed by atoms with van der Waals surface area (Å²) < 4.78 is 0.828. The molecule has 3 N–H and O–H groups in total. The molecule has 1 aromatic carbocycles. The normalized spacial score (nSPS) is 19.6. The van der Waals surface area contributed by atoms with E-state index in [1.54, 1.807) is 18.2 Å². The molecule has 0 spiro atoms. The van der Waals surface area contributed by atoms with Crippen LogP contribution < -0.4 is 11.1 Å². The van der Waals surface area contributed by atoms with Crippen molar-refractivity contribution in [2.75, 3.05) is 25.4 Å². The van der Waals surface area contributed by atoms with Crippen LogP contribution in [0, 0.1) is 0 Å². The van der Waals surface area contributed by atoms with E-state index in [1.807, 2.05) is 0 Å². The Hall–Kier alpha value is -1.07. The molecule has 0 bridgehead atoms. The fraction of sp³-hybridized carbons (Fsp3) is 0.500. The highest BCUT2D eigenvalue weighted by molar-refractivity contribution is 9.10. The van der Waals surface area contributed by atoms with Gasteiger partial charge in [-0.3, -0.25) is 9.69 Å². The first-order chi connectivity index (χ1) is 9.10. The third kappa shape index (κ3) is 3.70. The van der Waals surface area contributed by atoms with Gasteiger partial charge in [-0.15, -0.1) is 0 Å². The summed E-state index contributed by atoms with van der Waals surface area (Å²) in [6, 6.07) is 5.75. The molecule has 1 aliphatic rings. The average molecular weight is 326 g/mol. The quantitative estimate of drug-likeness (QED) is 0.835. The zero-order chi connectivity index (χ0) is 13.8. The maximum atomic E-state index is 12.1. The van der Waals surface area contributed by atoms with Crippen LogP contribution in [0.3, 0.4) is 0 Å². The van der Waals surface area contributed by atoms with Crippen molar-refractivity contribution in [3.8, 4) is 0 Å². The van der Waals surface area contributed by atoms with Crippen molar-refractivity contribution >= 4 is 27.5 Å². The zero-order valence-electron chi connectivity index (χ0n) is 11.2. The number of rotatable bonds is 4. The fourth-order valence-electron chi connectivity index (χ4n) is 2.60. The van der Waals surface area contributed by atoms with Gasteiger partial charge in [-0.2, -0.15) is 0 Å². The number of nitrogen functional groups attached to an aromatic ring is 1. The zero-order valence-corrected chi connectivity index (χ0v) is 12.7. The van der Waals surface area contributed by atoms with Crippen molar-refractivity contribution in [1.29, 1.82) is 0 Å². The second kappa shape index (κ2) is 6.39. The predicted octanol–water partition coefficient (Wildman–Crippen LogP) is 2.25. The second-order valence-electron chi connectivity index (χ2n) is 4.91. The lowest BCUT2D eigenvalue weighted by Gasteiger charge is -2.22. The van der Waals surface area contributed by atoms with Gasteiger partial charge in [-0.1, -0.05) is 22.9 Å². The first kappa shape index (κ1) is 14.3. The molecular formula is C14H20BrN3O. The summed E-state index contributed by atoms with van der Waals surface area (Å²) in [6.45, 7) is 5.06. The van der Waals surface area contributed by atoms with E-state index in [2.05, 4.69) is 33.1 Å². The standard InChI is InChI=1S/C14H20BrN3O/c1-2-18-5-3-4-13(18)9-17-14(19)10-6-11(15)8-12(16)7-10/h6-8,13H,2-5,9,16H2,1H3,(H,17,19). The summed E-state index contributed by atoms with van der Waals surface area (Å²) in [5.41, 5.74) is 6.94. The molecule has 1 heterocycles. The van der Waals surface area contributed by atoms with E-state index < -0.39 is 0 Å². The first-order valence-electron chi connectivity index (χ1n) is 6.68. The summed E-state index contributed by atoms with van der Waals surface area (Å²) >= 11 is 3.35. The largest absolute Gasteiger partial charge is 0.399 e. The van der Waals surface area contributed by atoms with Crippen LogP contribution in [0.5, 0.6) is 0 Å². The van der Waals surface area contributed by atoms with Crippen molar-refractivity contribution in [2.45, 2.75) is 25.8 Å². The highest BCUT2D eigenvalue weighted by Gasteiger charge is 2.23. The number of anilines is 1. The average Bonchev–Trinajstić information content (AvgIpc) is 2.82. The minimum atomic E-state index is -0.0593. The molecule has 1 fully saturated rings. The molecule has 104 valence electrons. The number of hydrogen-bond donors (Lipinski definition) is 2. The monoisotopic (exact) mass is 325 g/mol. The minimum absolute atomic E-state index is 0.0593. The summed E-state index contributed by atoms with van der Waals surface area (Å²) in [6.07, 6.45) is 2.38. The Morgan fingerprint density at radius 3 is 3.00 bits per heavy atom. The summed E-state index contributed by atoms with van der Waals surface area (Å²) in [5.74, 6) is -0.0593. The highest BCUT2D eigenvalue weighted by Crippen LogP contribution is 2.18. The molecule has 5 heteroatoms. The maximum Gasteiger partial charge on any atom is 0.251 e. The van der Waals surface area contributed by atoms with Crippen LogP contribution in [0.4, 0.5) is 5.69 Å². The van der Waals surface area contributed by atoms with E-state index in [0.717, 1.165) is 24.0 Å². The van der Waals surface area contributed by atoms with Crippen LogP contribution >= 0.6 is 15.9 Å². The third-order valence-corrected chi connectivity index (χ3v) is 4.04. The van der Waals surface area contributed by atoms with Gasteiger partial charge in [0.25, 0.3) is 5.91 Å². The Morgan fingerprint density at radius 1 is 1.53 bits per heavy atom. The number of nitrogens with two attached hydrogens (primary N) is 1. The number of carbonyl (C=O) groups excluding carboxylic acids is 1. The van der Waals surface area contributed by atoms with E-state index in [-0.39, 0.29) is 5.91 Å². The topological polar surface area (TPSA) is 58.4 Å². The van der Waals surface area contributed by atoms with Crippen LogP contribution in [0.2, 0.25) is 0 Å². The van der Waals surface area contributed by atoms with E-state index in [1.165, 1.54) is 6.42 Å². The molecule has 1 aromatic rings. The smallest absolute Gasteiger partial charge is 0.251 e. The molecular weight excluding hydrogens is 306 g/mol. The number of amides is 1. The van der Waals surface area contributed by atoms with Crippen molar-refractivity contribution < 1.29 is 4.79 Å². The Balaban J connectivity index is 1.94. The fourth-order valence-corrected chi connectivity index (χ4v) is 3.11. The molecule has 0 aromatic heterocycles. The second-order valence-corrected chi connectivity index (χ2v) is 5.82. The first-order valence-corrected chi connectivity index (χ1v) is 7.47. The van der Waals surface area contributed by atoms with Crippen LogP contribution in [0.25, 0.3) is 0 Å². The number of nitrogens with zero attached hydrogens (tertiary/aromatic N) is 1. The minimum Gasteiger partial charge on any atom is -0.399 e. The van der Waals surface area contributed by atoms with E-state index in [4.69, 9.17) is 5.73 Å². The number of likely N-dealkylation sites (tertiary alicyclic amines) is 1. The van der Waals surface area contributed by atoms with Crippen LogP contribution in [-0.2, 0) is 0 Å². The van der Waals surface area contributed by atoms with Gasteiger partial charge in [0.05, 0.1) is 0 Å². The molecule has 1 unspecified atom stereocenters. The lowest BCUT2D eigenvalue weighted by Crippen LogP contribution is -2.40. The van der Waals surface area contributed by atoms with Gasteiger partial charge in [0.1, 0.15) is 0 Å². The predicted molar refractivity (Wildman–Crippen MR) is 81.2 cm³/mol. The number of carbonyl (C=O) groups is 1. The van der Waals surface area contributed by atoms with Gasteiger partial charge < -0.3 is 11.1 Å². The molecule has 0 radical (unpaired) electrons. The van der Waals surface area contributed by atoms with Gasteiger partial charge in [0.15, 0.2) is 0 Å². The lowest BCUT2D eigenvalue weighted by atomic mass is 10.1. The summed E-state index contributed by atoms with van der Waals surface area (Å²) in [5, 5.41) is 3.00. The van der Waals surface area contributed by atoms with Crippen molar-refractivity contribution in [2.24, 2.45) is 0 Å². The summed E-state index contributed by atoms with van der Waals surface area (Å²) in [7, 11) is 0. The number of hydrogen-bond acceptors (Lipinski definition) is 3. The molecule has 2 rings (SSSR count). The molecule has 1 atom stereocenters. The number of halogens is 1. The van der Waals surface area contributed by atoms with Crippen molar-refractivity contribution in [3.63, 3.8) is 0 Å². The Labute approximate surface area is 122 Å². The lowest BCUT2D eigenvalue weighted by molar-refractivity contribution is 0.0941. The highest BCUT2D eigenvalue weighted by atomic mass is 79.9. The molecule has 1 saturated heterocycles. The molecule has 19 heavy (non-hydrogen) atoms. The number of likely N-dealkylation sites (N-methyl/N-ethyl adjacent to an activating group) is 1. The van der Waals surface area contributed by atoms with Crippen LogP contribution in [-0.4, -0.2) is 36.5 Å². The van der Waals surface area contributed by atoms with Crippen LogP contribution in [0.15, 0.2) is 22.7 Å². The van der Waals surface area contributed by atoms with Gasteiger partial charge in [0.2, 0.25) is 0 Å². The van der Waals surface area contributed by atoms with Gasteiger partial charge >= 0.3 is 0 Å². The molecule has 0 saturated carbocycles. The van der Waals surface area contributed by atoms with Crippen molar-refractivity contribution in [1.82, 2.24) is 10.2 Å². The van der Waals surface area contributed by atoms with E-state index in [9.17, 15) is 4.79 Å². The van der Waals surface area contributed by atoms with Gasteiger partial charge in [-0.25, -0.2) is 0 Å².